The SMILES string of the molecule is F.O=S(=O)(O)O.O=[N+]([O-])O. The predicted molar refractivity (Wildman–Crippen MR) is 25.5 cm³/mol. The third kappa shape index (κ3) is 252. The van der Waals surface area contributed by atoms with Crippen LogP contribution in [-0.4, -0.2) is 27.8 Å². The van der Waals surface area contributed by atoms with Gasteiger partial charge in [-0.3, -0.25) is 13.8 Å². The zero-order chi connectivity index (χ0) is 8.08. The number of nitrogens with zero attached hydrogens (tertiary/aromatic N) is 1. The fourth-order valence-electron chi connectivity index (χ4n) is 0. The molecule has 0 saturated heterocycles. The molecule has 0 radical (unpaired) electrons. The maximum atomic E-state index is 8.74. The van der Waals surface area contributed by atoms with Crippen LogP contribution in [0.25, 0.3) is 0 Å². The van der Waals surface area contributed by atoms with Crippen molar-refractivity contribution < 1.29 is 32.5 Å². The zero-order valence-electron chi connectivity index (χ0n) is 4.24. The molecule has 0 saturated carbocycles. The van der Waals surface area contributed by atoms with Gasteiger partial charge < -0.3 is 5.21 Å². The summed E-state index contributed by atoms with van der Waals surface area (Å²) in [4.78, 5) is 8.36. The Kier molecular flexibility index (Phi) is 9.80. The van der Waals surface area contributed by atoms with Crippen molar-refractivity contribution >= 4 is 10.4 Å². The van der Waals surface area contributed by atoms with Crippen molar-refractivity contribution in [3.8, 4) is 0 Å². The van der Waals surface area contributed by atoms with Crippen LogP contribution in [0.15, 0.2) is 0 Å². The van der Waals surface area contributed by atoms with Gasteiger partial charge in [-0.1, -0.05) is 0 Å². The minimum Gasteiger partial charge on any atom is -0.328 e. The van der Waals surface area contributed by atoms with Gasteiger partial charge in [0.2, 0.25) is 0 Å². The molecule has 0 aromatic rings. The highest BCUT2D eigenvalue weighted by atomic mass is 32.3. The van der Waals surface area contributed by atoms with Gasteiger partial charge in [-0.2, -0.15) is 8.42 Å². The van der Waals surface area contributed by atoms with Gasteiger partial charge in [0.25, 0.3) is 5.09 Å². The fraction of sp³-hybridized carbons (Fsp3) is 0. The molecule has 0 aromatic carbocycles. The van der Waals surface area contributed by atoms with Crippen molar-refractivity contribution in [3.05, 3.63) is 10.1 Å². The lowest BCUT2D eigenvalue weighted by molar-refractivity contribution is -0.742. The summed E-state index contributed by atoms with van der Waals surface area (Å²) in [6, 6.07) is 0. The standard InChI is InChI=1S/FH.HNO3.H2O4S/c;2-1(3)4;1-5(2,3)4/h1H;(H,2,3,4);(H2,1,2,3,4). The van der Waals surface area contributed by atoms with Crippen LogP contribution in [0.5, 0.6) is 0 Å². The van der Waals surface area contributed by atoms with E-state index in [1.165, 1.54) is 0 Å². The second kappa shape index (κ2) is 6.12. The van der Waals surface area contributed by atoms with Gasteiger partial charge >= 0.3 is 10.4 Å². The lowest BCUT2D eigenvalue weighted by atomic mass is 13.1. The molecule has 0 spiro atoms. The maximum Gasteiger partial charge on any atom is 0.394 e. The highest BCUT2D eigenvalue weighted by Gasteiger charge is 1.84. The summed E-state index contributed by atoms with van der Waals surface area (Å²) in [7, 11) is -4.67. The van der Waals surface area contributed by atoms with E-state index in [1.54, 1.807) is 0 Å². The van der Waals surface area contributed by atoms with Crippen molar-refractivity contribution in [2.45, 2.75) is 0 Å². The van der Waals surface area contributed by atoms with Crippen LogP contribution in [0.2, 0.25) is 0 Å². The molecule has 0 aliphatic rings. The first-order chi connectivity index (χ1) is 3.73. The third-order valence-electron chi connectivity index (χ3n) is 0. The molecule has 0 aromatic heterocycles. The van der Waals surface area contributed by atoms with Crippen LogP contribution >= 0.6 is 0 Å². The van der Waals surface area contributed by atoms with Gasteiger partial charge in [0.1, 0.15) is 0 Å². The average molecular weight is 181 g/mol. The molecule has 0 fully saturated rings. The first-order valence-electron chi connectivity index (χ1n) is 1.26. The highest BCUT2D eigenvalue weighted by Crippen LogP contribution is 1.59. The summed E-state index contributed by atoms with van der Waals surface area (Å²) < 4.78 is 31.6. The third-order valence-corrected chi connectivity index (χ3v) is 0. The second-order valence-corrected chi connectivity index (χ2v) is 1.58. The molecule has 3 N–H and O–H groups in total. The van der Waals surface area contributed by atoms with Gasteiger partial charge in [0.05, 0.1) is 0 Å². The van der Waals surface area contributed by atoms with Crippen LogP contribution < -0.4 is 0 Å². The Bertz CT molecular complexity index is 156. The minimum absolute atomic E-state index is 0. The topological polar surface area (TPSA) is 138 Å². The zero-order valence-corrected chi connectivity index (χ0v) is 5.05. The van der Waals surface area contributed by atoms with Crippen LogP contribution in [0, 0.1) is 10.1 Å². The van der Waals surface area contributed by atoms with E-state index in [1.807, 2.05) is 0 Å². The molecule has 0 unspecified atom stereocenters. The molecule has 0 atom stereocenters. The van der Waals surface area contributed by atoms with Crippen LogP contribution in [0.4, 0.5) is 4.70 Å². The molecule has 0 rings (SSSR count). The Labute approximate surface area is 54.1 Å². The molecule has 64 valence electrons. The molecular weight excluding hydrogens is 177 g/mol. The number of hydrogen-bond donors (Lipinski definition) is 3. The quantitative estimate of drug-likeness (QED) is 0.251. The Hall–Kier alpha value is -1.00. The lowest BCUT2D eigenvalue weighted by Crippen LogP contribution is -1.89. The Morgan fingerprint density at radius 3 is 1.30 bits per heavy atom. The summed E-state index contributed by atoms with van der Waals surface area (Å²) in [5.74, 6) is 0. The fourth-order valence-corrected chi connectivity index (χ4v) is 0. The summed E-state index contributed by atoms with van der Waals surface area (Å²) in [5.41, 5.74) is 0. The Balaban J connectivity index is -0.0000000910. The Morgan fingerprint density at radius 1 is 1.30 bits per heavy atom. The molecule has 0 bridgehead atoms. The first kappa shape index (κ1) is 16.0. The van der Waals surface area contributed by atoms with E-state index >= 15 is 0 Å². The van der Waals surface area contributed by atoms with Crippen molar-refractivity contribution in [3.63, 3.8) is 0 Å². The van der Waals surface area contributed by atoms with Gasteiger partial charge in [-0.15, -0.1) is 10.1 Å². The van der Waals surface area contributed by atoms with E-state index in [-0.39, 0.29) is 4.70 Å². The molecule has 10 heavy (non-hydrogen) atoms. The molecular formula is H4FNO7S. The van der Waals surface area contributed by atoms with Crippen LogP contribution in [0.3, 0.4) is 0 Å². The predicted octanol–water partition coefficient (Wildman–Crippen LogP) is -0.848. The average Bonchev–Trinajstić information content (AvgIpc) is 1.19. The van der Waals surface area contributed by atoms with E-state index in [0.29, 0.717) is 0 Å². The molecule has 0 aliphatic heterocycles. The van der Waals surface area contributed by atoms with E-state index in [2.05, 4.69) is 0 Å². The maximum absolute atomic E-state index is 8.74. The van der Waals surface area contributed by atoms with Crippen molar-refractivity contribution in [2.75, 3.05) is 0 Å². The number of halogens is 1. The summed E-state index contributed by atoms with van der Waals surface area (Å²) >= 11 is 0. The Morgan fingerprint density at radius 2 is 1.30 bits per heavy atom. The number of rotatable bonds is 0. The van der Waals surface area contributed by atoms with Crippen molar-refractivity contribution in [2.24, 2.45) is 0 Å². The second-order valence-electron chi connectivity index (χ2n) is 0.686. The van der Waals surface area contributed by atoms with Gasteiger partial charge in [0.15, 0.2) is 0 Å². The molecule has 0 amide bonds. The smallest absolute Gasteiger partial charge is 0.328 e. The van der Waals surface area contributed by atoms with Crippen LogP contribution in [-0.2, 0) is 10.4 Å². The highest BCUT2D eigenvalue weighted by molar-refractivity contribution is 7.79. The molecule has 0 heterocycles. The van der Waals surface area contributed by atoms with E-state index in [9.17, 15) is 0 Å². The normalized spacial score (nSPS) is 8.20. The lowest BCUT2D eigenvalue weighted by Gasteiger charge is -1.68. The van der Waals surface area contributed by atoms with Crippen molar-refractivity contribution in [1.29, 1.82) is 0 Å². The van der Waals surface area contributed by atoms with Gasteiger partial charge in [0, 0.05) is 0 Å². The van der Waals surface area contributed by atoms with Crippen molar-refractivity contribution in [1.82, 2.24) is 0 Å². The monoisotopic (exact) mass is 181 g/mol. The molecule has 10 heteroatoms. The van der Waals surface area contributed by atoms with Gasteiger partial charge in [-0.25, -0.2) is 0 Å². The van der Waals surface area contributed by atoms with E-state index in [4.69, 9.17) is 32.8 Å². The van der Waals surface area contributed by atoms with Gasteiger partial charge in [-0.05, 0) is 0 Å². The molecule has 8 nitrogen and oxygen atoms in total. The summed E-state index contributed by atoms with van der Waals surface area (Å²) in [5, 5.41) is 13.6. The van der Waals surface area contributed by atoms with E-state index < -0.39 is 15.5 Å². The largest absolute Gasteiger partial charge is 0.394 e. The number of hydrogen-bond acceptors (Lipinski definition) is 4. The molecule has 0 aliphatic carbocycles. The minimum atomic E-state index is -4.67. The first-order valence-corrected chi connectivity index (χ1v) is 2.66. The summed E-state index contributed by atoms with van der Waals surface area (Å²) in [6.45, 7) is 0. The van der Waals surface area contributed by atoms with E-state index in [0.717, 1.165) is 0 Å². The van der Waals surface area contributed by atoms with Crippen LogP contribution in [0.1, 0.15) is 0 Å². The summed E-state index contributed by atoms with van der Waals surface area (Å²) in [6.07, 6.45) is 0.